The van der Waals surface area contributed by atoms with Gasteiger partial charge in [-0.1, -0.05) is 24.3 Å². The average molecular weight is 475 g/mol. The zero-order valence-electron chi connectivity index (χ0n) is 18.0. The first kappa shape index (κ1) is 23.2. The van der Waals surface area contributed by atoms with Gasteiger partial charge in [0.1, 0.15) is 22.9 Å². The summed E-state index contributed by atoms with van der Waals surface area (Å²) in [5.41, 5.74) is 0.418. The molecular weight excluding hydrogens is 457 g/mol. The van der Waals surface area contributed by atoms with Crippen LogP contribution in [0, 0.1) is 5.82 Å². The van der Waals surface area contributed by atoms with E-state index in [0.29, 0.717) is 11.3 Å². The summed E-state index contributed by atoms with van der Waals surface area (Å²) in [6.45, 7) is -0.362. The molecule has 1 fully saturated rings. The number of amides is 5. The number of carbonyl (C=O) groups is 4. The number of rotatable bonds is 6. The molecule has 1 aliphatic rings. The van der Waals surface area contributed by atoms with E-state index in [2.05, 4.69) is 10.6 Å². The number of aromatic hydroxyl groups is 1. The highest BCUT2D eigenvalue weighted by atomic mass is 19.1. The number of ether oxygens (including phenoxy) is 1. The molecule has 10 heteroatoms. The molecule has 5 amide bonds. The summed E-state index contributed by atoms with van der Waals surface area (Å²) in [7, 11) is 0. The van der Waals surface area contributed by atoms with Crippen molar-refractivity contribution in [3.63, 3.8) is 0 Å². The van der Waals surface area contributed by atoms with Gasteiger partial charge in [0.05, 0.1) is 11.4 Å². The highest BCUT2D eigenvalue weighted by molar-refractivity contribution is 6.39. The van der Waals surface area contributed by atoms with E-state index in [9.17, 15) is 28.7 Å². The lowest BCUT2D eigenvalue weighted by atomic mass is 10.1. The van der Waals surface area contributed by atoms with Crippen molar-refractivity contribution in [2.45, 2.75) is 0 Å². The zero-order valence-corrected chi connectivity index (χ0v) is 18.0. The molecule has 176 valence electrons. The monoisotopic (exact) mass is 475 g/mol. The normalized spacial score (nSPS) is 14.6. The number of hydrogen-bond acceptors (Lipinski definition) is 6. The molecule has 0 atom stereocenters. The van der Waals surface area contributed by atoms with Gasteiger partial charge in [-0.2, -0.15) is 0 Å². The van der Waals surface area contributed by atoms with Gasteiger partial charge in [0.2, 0.25) is 0 Å². The number of halogens is 1. The Balaban J connectivity index is 1.43. The number of barbiturate groups is 1. The first-order valence-electron chi connectivity index (χ1n) is 10.3. The maximum absolute atomic E-state index is 13.6. The molecule has 0 radical (unpaired) electrons. The number of para-hydroxylation sites is 1. The maximum atomic E-state index is 13.6. The van der Waals surface area contributed by atoms with E-state index in [-0.39, 0.29) is 29.3 Å². The van der Waals surface area contributed by atoms with Crippen LogP contribution in [-0.2, 0) is 14.4 Å². The van der Waals surface area contributed by atoms with Crippen LogP contribution in [-0.4, -0.2) is 35.5 Å². The fourth-order valence-corrected chi connectivity index (χ4v) is 3.22. The molecule has 1 aliphatic heterocycles. The van der Waals surface area contributed by atoms with Crippen LogP contribution in [0.15, 0.2) is 78.4 Å². The van der Waals surface area contributed by atoms with Crippen molar-refractivity contribution in [3.05, 3.63) is 89.8 Å². The van der Waals surface area contributed by atoms with Gasteiger partial charge in [-0.3, -0.25) is 19.7 Å². The van der Waals surface area contributed by atoms with Crippen LogP contribution >= 0.6 is 0 Å². The van der Waals surface area contributed by atoms with Crippen molar-refractivity contribution in [1.29, 1.82) is 0 Å². The van der Waals surface area contributed by atoms with E-state index in [1.165, 1.54) is 60.7 Å². The molecule has 3 aromatic rings. The number of benzene rings is 3. The summed E-state index contributed by atoms with van der Waals surface area (Å²) in [4.78, 5) is 50.2. The van der Waals surface area contributed by atoms with E-state index < -0.39 is 29.6 Å². The summed E-state index contributed by atoms with van der Waals surface area (Å²) >= 11 is 0. The Bertz CT molecular complexity index is 1340. The SMILES string of the molecule is O=C(COc1ccc(/C=C2/C(=O)NC(=O)N(c3ccc(O)cc3)C2=O)cc1)Nc1ccccc1F. The van der Waals surface area contributed by atoms with Gasteiger partial charge in [-0.15, -0.1) is 0 Å². The first-order valence-corrected chi connectivity index (χ1v) is 10.3. The first-order chi connectivity index (χ1) is 16.8. The van der Waals surface area contributed by atoms with Crippen LogP contribution in [0.3, 0.4) is 0 Å². The lowest BCUT2D eigenvalue weighted by Crippen LogP contribution is -2.54. The van der Waals surface area contributed by atoms with Crippen molar-refractivity contribution < 1.29 is 33.4 Å². The van der Waals surface area contributed by atoms with Crippen LogP contribution in [0.2, 0.25) is 0 Å². The minimum atomic E-state index is -0.903. The molecule has 0 bridgehead atoms. The van der Waals surface area contributed by atoms with E-state index in [1.54, 1.807) is 18.2 Å². The minimum Gasteiger partial charge on any atom is -0.508 e. The zero-order chi connectivity index (χ0) is 24.9. The fourth-order valence-electron chi connectivity index (χ4n) is 3.22. The van der Waals surface area contributed by atoms with Gasteiger partial charge in [0, 0.05) is 0 Å². The molecule has 0 spiro atoms. The number of hydrogen-bond donors (Lipinski definition) is 3. The van der Waals surface area contributed by atoms with E-state index in [1.807, 2.05) is 0 Å². The maximum Gasteiger partial charge on any atom is 0.335 e. The van der Waals surface area contributed by atoms with Crippen molar-refractivity contribution >= 4 is 41.2 Å². The van der Waals surface area contributed by atoms with Crippen LogP contribution in [0.25, 0.3) is 6.08 Å². The average Bonchev–Trinajstić information content (AvgIpc) is 2.84. The van der Waals surface area contributed by atoms with Gasteiger partial charge in [-0.25, -0.2) is 14.1 Å². The van der Waals surface area contributed by atoms with Crippen molar-refractivity contribution in [1.82, 2.24) is 5.32 Å². The van der Waals surface area contributed by atoms with Gasteiger partial charge in [0.15, 0.2) is 6.61 Å². The molecule has 35 heavy (non-hydrogen) atoms. The number of nitrogens with zero attached hydrogens (tertiary/aromatic N) is 1. The highest BCUT2D eigenvalue weighted by Gasteiger charge is 2.36. The number of imide groups is 2. The Hall–Kier alpha value is -4.99. The minimum absolute atomic E-state index is 0.0401. The molecule has 4 rings (SSSR count). The number of phenols is 1. The second-order valence-electron chi connectivity index (χ2n) is 7.36. The van der Waals surface area contributed by atoms with Crippen molar-refractivity contribution in [2.24, 2.45) is 0 Å². The quantitative estimate of drug-likeness (QED) is 0.371. The lowest BCUT2D eigenvalue weighted by molar-refractivity contribution is -0.122. The fraction of sp³-hybridized carbons (Fsp3) is 0.0400. The van der Waals surface area contributed by atoms with Crippen molar-refractivity contribution in [2.75, 3.05) is 16.8 Å². The Kier molecular flexibility index (Phi) is 6.54. The van der Waals surface area contributed by atoms with Gasteiger partial charge in [-0.05, 0) is 60.2 Å². The van der Waals surface area contributed by atoms with Gasteiger partial charge >= 0.3 is 6.03 Å². The summed E-state index contributed by atoms with van der Waals surface area (Å²) in [6.07, 6.45) is 1.31. The third-order valence-corrected chi connectivity index (χ3v) is 4.92. The number of phenolic OH excluding ortho intramolecular Hbond substituents is 1. The largest absolute Gasteiger partial charge is 0.508 e. The molecular formula is C25H18FN3O6. The van der Waals surface area contributed by atoms with E-state index in [4.69, 9.17) is 4.74 Å². The molecule has 0 saturated carbocycles. The Labute approximate surface area is 198 Å². The molecule has 1 heterocycles. The predicted molar refractivity (Wildman–Crippen MR) is 124 cm³/mol. The molecule has 0 aliphatic carbocycles. The van der Waals surface area contributed by atoms with E-state index in [0.717, 1.165) is 4.90 Å². The molecule has 0 unspecified atom stereocenters. The smallest absolute Gasteiger partial charge is 0.335 e. The second kappa shape index (κ2) is 9.87. The van der Waals surface area contributed by atoms with Crippen LogP contribution in [0.4, 0.5) is 20.6 Å². The van der Waals surface area contributed by atoms with Crippen LogP contribution in [0.1, 0.15) is 5.56 Å². The third-order valence-electron chi connectivity index (χ3n) is 4.92. The standard InChI is InChI=1S/C25H18FN3O6/c26-20-3-1-2-4-21(20)27-22(31)14-35-18-11-5-15(6-12-18)13-19-23(32)28-25(34)29(24(19)33)16-7-9-17(30)10-8-16/h1-13,30H,14H2,(H,27,31)(H,28,32,34)/b19-13-. The summed E-state index contributed by atoms with van der Waals surface area (Å²) in [5.74, 6) is -2.50. The number of nitrogens with one attached hydrogen (secondary N) is 2. The Morgan fingerprint density at radius 1 is 1.00 bits per heavy atom. The van der Waals surface area contributed by atoms with Crippen LogP contribution < -0.4 is 20.3 Å². The summed E-state index contributed by atoms with van der Waals surface area (Å²) < 4.78 is 19.0. The van der Waals surface area contributed by atoms with Crippen LogP contribution in [0.5, 0.6) is 11.5 Å². The third kappa shape index (κ3) is 5.33. The Morgan fingerprint density at radius 2 is 1.69 bits per heavy atom. The lowest BCUT2D eigenvalue weighted by Gasteiger charge is -2.26. The summed E-state index contributed by atoms with van der Waals surface area (Å²) in [5, 5.41) is 13.9. The van der Waals surface area contributed by atoms with E-state index >= 15 is 0 Å². The second-order valence-corrected chi connectivity index (χ2v) is 7.36. The Morgan fingerprint density at radius 3 is 2.37 bits per heavy atom. The van der Waals surface area contributed by atoms with Gasteiger partial charge < -0.3 is 15.2 Å². The van der Waals surface area contributed by atoms with Crippen molar-refractivity contribution in [3.8, 4) is 11.5 Å². The summed E-state index contributed by atoms with van der Waals surface area (Å²) in [6, 6.07) is 16.4. The number of carbonyl (C=O) groups excluding carboxylic acids is 4. The molecule has 0 aromatic heterocycles. The molecule has 3 aromatic carbocycles. The molecule has 9 nitrogen and oxygen atoms in total. The van der Waals surface area contributed by atoms with Gasteiger partial charge in [0.25, 0.3) is 17.7 Å². The topological polar surface area (TPSA) is 125 Å². The number of anilines is 2. The predicted octanol–water partition coefficient (Wildman–Crippen LogP) is 3.22. The highest BCUT2D eigenvalue weighted by Crippen LogP contribution is 2.24. The number of urea groups is 1. The molecule has 1 saturated heterocycles. The molecule has 3 N–H and O–H groups in total.